The normalized spacial score (nSPS) is 17.5. The maximum absolute atomic E-state index is 13.8. The average Bonchev–Trinajstić information content (AvgIpc) is 3.53. The highest BCUT2D eigenvalue weighted by Gasteiger charge is 2.48. The molecule has 3 aromatic carbocycles. The van der Waals surface area contributed by atoms with Crippen LogP contribution in [0.3, 0.4) is 0 Å². The van der Waals surface area contributed by atoms with Gasteiger partial charge >= 0.3 is 5.91 Å². The number of carbonyl (C=O) groups is 2. The number of aromatic nitrogens is 2. The van der Waals surface area contributed by atoms with E-state index in [0.29, 0.717) is 21.2 Å². The molecule has 6 nitrogen and oxygen atoms in total. The lowest BCUT2D eigenvalue weighted by molar-refractivity contribution is -0.132. The van der Waals surface area contributed by atoms with Crippen molar-refractivity contribution in [1.29, 1.82) is 0 Å². The number of aromatic amines is 1. The van der Waals surface area contributed by atoms with Crippen molar-refractivity contribution in [2.24, 2.45) is 0 Å². The molecular formula is C27H17F2N3O3S. The highest BCUT2D eigenvalue weighted by Crippen LogP contribution is 2.45. The Labute approximate surface area is 207 Å². The van der Waals surface area contributed by atoms with Crippen LogP contribution in [0.15, 0.2) is 72.4 Å². The summed E-state index contributed by atoms with van der Waals surface area (Å²) in [6.45, 7) is 1.87. The van der Waals surface area contributed by atoms with E-state index in [1.807, 2.05) is 37.3 Å². The minimum Gasteiger partial charge on any atom is -0.507 e. The molecule has 1 saturated heterocycles. The number of anilines is 1. The van der Waals surface area contributed by atoms with Gasteiger partial charge in [0.2, 0.25) is 0 Å². The molecule has 0 bridgehead atoms. The quantitative estimate of drug-likeness (QED) is 0.181. The molecule has 1 fully saturated rings. The van der Waals surface area contributed by atoms with Crippen LogP contribution in [-0.4, -0.2) is 26.8 Å². The van der Waals surface area contributed by atoms with E-state index in [9.17, 15) is 23.5 Å². The molecular weight excluding hydrogens is 484 g/mol. The van der Waals surface area contributed by atoms with E-state index >= 15 is 0 Å². The van der Waals surface area contributed by atoms with Gasteiger partial charge in [0.15, 0.2) is 16.8 Å². The lowest BCUT2D eigenvalue weighted by Gasteiger charge is -2.23. The van der Waals surface area contributed by atoms with E-state index in [-0.39, 0.29) is 22.0 Å². The molecule has 36 heavy (non-hydrogen) atoms. The number of halogens is 2. The van der Waals surface area contributed by atoms with Gasteiger partial charge in [-0.15, -0.1) is 0 Å². The fourth-order valence-electron chi connectivity index (χ4n) is 4.61. The summed E-state index contributed by atoms with van der Waals surface area (Å²) >= 11 is 0.964. The maximum Gasteiger partial charge on any atom is 0.301 e. The molecule has 3 heterocycles. The van der Waals surface area contributed by atoms with Gasteiger partial charge in [-0.2, -0.15) is 0 Å². The standard InChI is InChI=1S/C27H17F2N3O3S/c1-13-5-4-6-14(9-13)23-22(24(33)16-12-30-19-8-3-2-7-15(16)19)25(34)26(35)32(23)27-31-20-10-17(28)18(29)11-21(20)36-27/h2-12,23,30,33H,1H3/b24-22+. The van der Waals surface area contributed by atoms with Crippen LogP contribution >= 0.6 is 11.3 Å². The number of hydrogen-bond acceptors (Lipinski definition) is 5. The smallest absolute Gasteiger partial charge is 0.301 e. The Morgan fingerprint density at radius 1 is 1.06 bits per heavy atom. The number of aliphatic hydroxyl groups is 1. The zero-order valence-electron chi connectivity index (χ0n) is 18.8. The van der Waals surface area contributed by atoms with E-state index in [4.69, 9.17) is 0 Å². The third-order valence-electron chi connectivity index (χ3n) is 6.27. The highest BCUT2D eigenvalue weighted by atomic mass is 32.1. The second-order valence-electron chi connectivity index (χ2n) is 8.56. The van der Waals surface area contributed by atoms with Crippen LogP contribution in [0.4, 0.5) is 13.9 Å². The Balaban J connectivity index is 1.60. The number of hydrogen-bond donors (Lipinski definition) is 2. The molecule has 2 N–H and O–H groups in total. The van der Waals surface area contributed by atoms with Gasteiger partial charge < -0.3 is 10.1 Å². The van der Waals surface area contributed by atoms with Crippen LogP contribution in [0.5, 0.6) is 0 Å². The Kier molecular flexibility index (Phi) is 4.97. The molecule has 1 amide bonds. The minimum absolute atomic E-state index is 0.0908. The van der Waals surface area contributed by atoms with Gasteiger partial charge in [-0.05, 0) is 24.6 Å². The Morgan fingerprint density at radius 3 is 2.64 bits per heavy atom. The first-order chi connectivity index (χ1) is 17.3. The van der Waals surface area contributed by atoms with E-state index in [0.717, 1.165) is 34.5 Å². The molecule has 1 aliphatic heterocycles. The lowest BCUT2D eigenvalue weighted by atomic mass is 9.94. The summed E-state index contributed by atoms with van der Waals surface area (Å²) < 4.78 is 28.0. The van der Waals surface area contributed by atoms with Gasteiger partial charge in [-0.3, -0.25) is 14.5 Å². The molecule has 5 aromatic rings. The summed E-state index contributed by atoms with van der Waals surface area (Å²) in [5.74, 6) is -4.17. The van der Waals surface area contributed by atoms with Crippen molar-refractivity contribution in [1.82, 2.24) is 9.97 Å². The Hall–Kier alpha value is -4.37. The van der Waals surface area contributed by atoms with Crippen molar-refractivity contribution < 1.29 is 23.5 Å². The van der Waals surface area contributed by atoms with Crippen LogP contribution in [0, 0.1) is 18.6 Å². The van der Waals surface area contributed by atoms with Crippen molar-refractivity contribution in [3.05, 3.63) is 101 Å². The number of carbonyl (C=O) groups excluding carboxylic acids is 2. The number of rotatable bonds is 3. The molecule has 1 unspecified atom stereocenters. The van der Waals surface area contributed by atoms with E-state index in [1.165, 1.54) is 4.90 Å². The van der Waals surface area contributed by atoms with Gasteiger partial charge in [0.25, 0.3) is 5.78 Å². The van der Waals surface area contributed by atoms with Crippen LogP contribution in [0.1, 0.15) is 22.7 Å². The first kappa shape index (κ1) is 22.1. The summed E-state index contributed by atoms with van der Waals surface area (Å²) in [4.78, 5) is 35.4. The Bertz CT molecular complexity index is 1710. The van der Waals surface area contributed by atoms with Gasteiger partial charge in [-0.1, -0.05) is 59.4 Å². The summed E-state index contributed by atoms with van der Waals surface area (Å²) in [6.07, 6.45) is 1.59. The number of Topliss-reactive ketones (excluding diaryl/α,β-unsaturated/α-hetero) is 1. The molecule has 178 valence electrons. The number of fused-ring (bicyclic) bond motifs is 2. The molecule has 9 heteroatoms. The van der Waals surface area contributed by atoms with E-state index < -0.39 is 29.4 Å². The van der Waals surface area contributed by atoms with Crippen LogP contribution in [0.25, 0.3) is 26.9 Å². The topological polar surface area (TPSA) is 86.3 Å². The Morgan fingerprint density at radius 2 is 1.83 bits per heavy atom. The average molecular weight is 502 g/mol. The number of ketones is 1. The predicted octanol–water partition coefficient (Wildman–Crippen LogP) is 5.99. The van der Waals surface area contributed by atoms with Crippen molar-refractivity contribution in [3.63, 3.8) is 0 Å². The third kappa shape index (κ3) is 3.31. The zero-order chi connectivity index (χ0) is 25.1. The number of amides is 1. The monoisotopic (exact) mass is 501 g/mol. The summed E-state index contributed by atoms with van der Waals surface area (Å²) in [5.41, 5.74) is 2.69. The first-order valence-corrected chi connectivity index (χ1v) is 11.8. The van der Waals surface area contributed by atoms with Crippen LogP contribution in [-0.2, 0) is 9.59 Å². The molecule has 0 radical (unpaired) electrons. The molecule has 6 rings (SSSR count). The highest BCUT2D eigenvalue weighted by molar-refractivity contribution is 7.22. The molecule has 0 saturated carbocycles. The van der Waals surface area contributed by atoms with Gasteiger partial charge in [-0.25, -0.2) is 13.8 Å². The van der Waals surface area contributed by atoms with Crippen LogP contribution < -0.4 is 4.90 Å². The number of para-hydroxylation sites is 1. The predicted molar refractivity (Wildman–Crippen MR) is 134 cm³/mol. The first-order valence-electron chi connectivity index (χ1n) is 11.0. The molecule has 1 aliphatic rings. The van der Waals surface area contributed by atoms with Crippen molar-refractivity contribution in [3.8, 4) is 0 Å². The summed E-state index contributed by atoms with van der Waals surface area (Å²) in [5, 5.41) is 12.2. The molecule has 0 spiro atoms. The lowest BCUT2D eigenvalue weighted by Crippen LogP contribution is -2.29. The second-order valence-corrected chi connectivity index (χ2v) is 9.57. The number of nitrogens with zero attached hydrogens (tertiary/aromatic N) is 2. The minimum atomic E-state index is -1.06. The summed E-state index contributed by atoms with van der Waals surface area (Å²) in [6, 6.07) is 15.5. The number of benzene rings is 3. The number of thiazole rings is 1. The SMILES string of the molecule is Cc1cccc(C2/C(=C(\O)c3c[nH]c4ccccc34)C(=O)C(=O)N2c2nc3cc(F)c(F)cc3s2)c1. The van der Waals surface area contributed by atoms with Crippen molar-refractivity contribution in [2.75, 3.05) is 4.90 Å². The zero-order valence-corrected chi connectivity index (χ0v) is 19.6. The number of aliphatic hydroxyl groups excluding tert-OH is 1. The second kappa shape index (κ2) is 8.10. The van der Waals surface area contributed by atoms with Crippen molar-refractivity contribution in [2.45, 2.75) is 13.0 Å². The fraction of sp³-hybridized carbons (Fsp3) is 0.0741. The molecule has 2 aromatic heterocycles. The van der Waals surface area contributed by atoms with E-state index in [2.05, 4.69) is 9.97 Å². The van der Waals surface area contributed by atoms with Gasteiger partial charge in [0.05, 0.1) is 21.8 Å². The largest absolute Gasteiger partial charge is 0.507 e. The third-order valence-corrected chi connectivity index (χ3v) is 7.29. The number of nitrogens with one attached hydrogen (secondary N) is 1. The van der Waals surface area contributed by atoms with Crippen molar-refractivity contribution >= 4 is 55.0 Å². The molecule has 1 atom stereocenters. The fourth-order valence-corrected chi connectivity index (χ4v) is 5.61. The maximum atomic E-state index is 13.8. The van der Waals surface area contributed by atoms with E-state index in [1.54, 1.807) is 24.4 Å². The number of aryl methyl sites for hydroxylation is 1. The summed E-state index contributed by atoms with van der Waals surface area (Å²) in [7, 11) is 0. The van der Waals surface area contributed by atoms with Gasteiger partial charge in [0, 0.05) is 28.7 Å². The number of H-pyrrole nitrogens is 1. The van der Waals surface area contributed by atoms with Crippen LogP contribution in [0.2, 0.25) is 0 Å². The van der Waals surface area contributed by atoms with Gasteiger partial charge in [0.1, 0.15) is 5.76 Å². The molecule has 0 aliphatic carbocycles.